The van der Waals surface area contributed by atoms with Crippen LogP contribution in [0.5, 0.6) is 0 Å². The van der Waals surface area contributed by atoms with Crippen LogP contribution in [0.2, 0.25) is 0 Å². The monoisotopic (exact) mass is 436 g/mol. The number of rotatable bonds is 2. The van der Waals surface area contributed by atoms with Crippen molar-refractivity contribution < 1.29 is 9.18 Å². The smallest absolute Gasteiger partial charge is 0.254 e. The number of terminal acetylenes is 1. The Morgan fingerprint density at radius 1 is 1.15 bits per heavy atom. The average Bonchev–Trinajstić information content (AvgIpc) is 3.36. The van der Waals surface area contributed by atoms with Gasteiger partial charge in [0.05, 0.1) is 23.1 Å². The van der Waals surface area contributed by atoms with Crippen LogP contribution in [-0.2, 0) is 6.54 Å². The molecule has 4 aromatic rings. The van der Waals surface area contributed by atoms with Gasteiger partial charge < -0.3 is 15.2 Å². The van der Waals surface area contributed by atoms with Crippen LogP contribution in [0, 0.1) is 18.2 Å². The van der Waals surface area contributed by atoms with Gasteiger partial charge in [-0.3, -0.25) is 4.79 Å². The van der Waals surface area contributed by atoms with Gasteiger partial charge in [0.1, 0.15) is 11.6 Å². The lowest BCUT2D eigenvalue weighted by molar-refractivity contribution is 0.0734. The van der Waals surface area contributed by atoms with Crippen LogP contribution in [0.25, 0.3) is 22.2 Å². The molecule has 0 spiro atoms. The van der Waals surface area contributed by atoms with Crippen LogP contribution >= 0.6 is 0 Å². The predicted octanol–water partition coefficient (Wildman–Crippen LogP) is 4.40. The molecule has 2 aliphatic heterocycles. The Hall–Kier alpha value is -3.95. The third kappa shape index (κ3) is 2.69. The first-order chi connectivity index (χ1) is 16.0. The van der Waals surface area contributed by atoms with E-state index in [1.54, 1.807) is 11.0 Å². The highest BCUT2D eigenvalue weighted by atomic mass is 19.1. The number of hydrogen-bond donors (Lipinski definition) is 1. The summed E-state index contributed by atoms with van der Waals surface area (Å²) in [4.78, 5) is 19.9. The molecule has 0 aliphatic carbocycles. The Balaban J connectivity index is 1.58. The molecule has 2 aliphatic rings. The summed E-state index contributed by atoms with van der Waals surface area (Å²) in [5, 5.41) is 0. The van der Waals surface area contributed by atoms with E-state index in [2.05, 4.69) is 10.5 Å². The zero-order valence-corrected chi connectivity index (χ0v) is 18.0. The van der Waals surface area contributed by atoms with Crippen LogP contribution in [0.3, 0.4) is 0 Å². The average molecular weight is 436 g/mol. The number of imidazole rings is 1. The van der Waals surface area contributed by atoms with Gasteiger partial charge >= 0.3 is 0 Å². The fourth-order valence-electron chi connectivity index (χ4n) is 5.31. The molecule has 0 unspecified atom stereocenters. The standard InChI is InChI=1S/C27H21FN4O/c1-3-15-5-4-6-19-25(15)23-13-24(31(2)27(19)33)26-30-21-10-9-17(12-22(21)32(23)26)16-7-8-18(14-29)20(28)11-16/h1,4-12,23-24H,13-14,29H2,2H3/t23-,24-/m1/s1. The molecule has 5 nitrogen and oxygen atoms in total. The maximum absolute atomic E-state index is 14.4. The predicted molar refractivity (Wildman–Crippen MR) is 125 cm³/mol. The normalized spacial score (nSPS) is 18.7. The number of fused-ring (bicyclic) bond motifs is 9. The minimum atomic E-state index is -0.311. The zero-order chi connectivity index (χ0) is 22.9. The Kier molecular flexibility index (Phi) is 4.20. The maximum atomic E-state index is 14.4. The third-order valence-electron chi connectivity index (χ3n) is 6.99. The van der Waals surface area contributed by atoms with Gasteiger partial charge in [0.25, 0.3) is 5.91 Å². The number of carbonyl (C=O) groups is 1. The highest BCUT2D eigenvalue weighted by Gasteiger charge is 2.44. The number of aromatic nitrogens is 2. The molecule has 1 aromatic heterocycles. The molecule has 3 heterocycles. The first-order valence-corrected chi connectivity index (χ1v) is 10.9. The summed E-state index contributed by atoms with van der Waals surface area (Å²) in [5.41, 5.74) is 11.8. The second kappa shape index (κ2) is 7.03. The number of carbonyl (C=O) groups excluding carboxylic acids is 1. The van der Waals surface area contributed by atoms with E-state index in [4.69, 9.17) is 17.1 Å². The van der Waals surface area contributed by atoms with Crippen molar-refractivity contribution >= 4 is 16.9 Å². The molecule has 6 heteroatoms. The lowest BCUT2D eigenvalue weighted by Gasteiger charge is -2.24. The number of halogens is 1. The lowest BCUT2D eigenvalue weighted by Crippen LogP contribution is -2.30. The van der Waals surface area contributed by atoms with Gasteiger partial charge in [-0.15, -0.1) is 6.42 Å². The number of amides is 1. The fourth-order valence-corrected chi connectivity index (χ4v) is 5.31. The van der Waals surface area contributed by atoms with Gasteiger partial charge in [0.15, 0.2) is 0 Å². The van der Waals surface area contributed by atoms with E-state index in [1.165, 1.54) is 6.07 Å². The molecule has 2 N–H and O–H groups in total. The molecule has 3 aromatic carbocycles. The van der Waals surface area contributed by atoms with Crippen molar-refractivity contribution in [3.8, 4) is 23.5 Å². The summed E-state index contributed by atoms with van der Waals surface area (Å²) in [7, 11) is 1.82. The minimum Gasteiger partial charge on any atom is -0.331 e. The summed E-state index contributed by atoms with van der Waals surface area (Å²) in [6.07, 6.45) is 6.56. The minimum absolute atomic E-state index is 0.0379. The molecule has 0 radical (unpaired) electrons. The summed E-state index contributed by atoms with van der Waals surface area (Å²) < 4.78 is 16.6. The number of hydrogen-bond acceptors (Lipinski definition) is 3. The molecule has 162 valence electrons. The van der Waals surface area contributed by atoms with Gasteiger partial charge in [-0.2, -0.15) is 0 Å². The van der Waals surface area contributed by atoms with Crippen molar-refractivity contribution in [2.24, 2.45) is 5.73 Å². The van der Waals surface area contributed by atoms with Crippen LogP contribution in [0.4, 0.5) is 4.39 Å². The molecule has 0 fully saturated rings. The first-order valence-electron chi connectivity index (χ1n) is 10.9. The molecular formula is C27H21FN4O. The molecule has 2 atom stereocenters. The van der Waals surface area contributed by atoms with Gasteiger partial charge in [-0.25, -0.2) is 9.37 Å². The first kappa shape index (κ1) is 19.7. The Bertz CT molecular complexity index is 1510. The summed E-state index contributed by atoms with van der Waals surface area (Å²) >= 11 is 0. The van der Waals surface area contributed by atoms with E-state index in [9.17, 15) is 9.18 Å². The van der Waals surface area contributed by atoms with Crippen LogP contribution in [-0.4, -0.2) is 27.4 Å². The SMILES string of the molecule is C#Cc1cccc2c1[C@H]1C[C@H](c3nc4ccc(-c5ccc(CN)c(F)c5)cc4n31)N(C)C2=O. The molecule has 2 bridgehead atoms. The van der Waals surface area contributed by atoms with Crippen molar-refractivity contribution in [2.75, 3.05) is 7.05 Å². The highest BCUT2D eigenvalue weighted by molar-refractivity contribution is 5.98. The molecule has 0 saturated carbocycles. The summed E-state index contributed by atoms with van der Waals surface area (Å²) in [5.74, 6) is 3.27. The van der Waals surface area contributed by atoms with Crippen LogP contribution in [0.1, 0.15) is 51.4 Å². The van der Waals surface area contributed by atoms with Crippen molar-refractivity contribution in [1.82, 2.24) is 14.5 Å². The van der Waals surface area contributed by atoms with E-state index >= 15 is 0 Å². The van der Waals surface area contributed by atoms with Crippen molar-refractivity contribution in [1.29, 1.82) is 0 Å². The fraction of sp³-hybridized carbons (Fsp3) is 0.185. The third-order valence-corrected chi connectivity index (χ3v) is 6.99. The number of benzene rings is 3. The van der Waals surface area contributed by atoms with Crippen molar-refractivity contribution in [3.05, 3.63) is 88.5 Å². The van der Waals surface area contributed by atoms with Crippen molar-refractivity contribution in [3.63, 3.8) is 0 Å². The second-order valence-corrected chi connectivity index (χ2v) is 8.65. The summed E-state index contributed by atoms with van der Waals surface area (Å²) in [6.45, 7) is 0.160. The molecule has 6 rings (SSSR count). The second-order valence-electron chi connectivity index (χ2n) is 8.65. The maximum Gasteiger partial charge on any atom is 0.254 e. The zero-order valence-electron chi connectivity index (χ0n) is 18.0. The largest absolute Gasteiger partial charge is 0.331 e. The van der Waals surface area contributed by atoms with E-state index in [-0.39, 0.29) is 30.4 Å². The highest BCUT2D eigenvalue weighted by Crippen LogP contribution is 2.48. The van der Waals surface area contributed by atoms with Gasteiger partial charge in [-0.05, 0) is 41.5 Å². The van der Waals surface area contributed by atoms with Crippen molar-refractivity contribution in [2.45, 2.75) is 25.0 Å². The van der Waals surface area contributed by atoms with E-state index in [0.29, 0.717) is 11.1 Å². The molecular weight excluding hydrogens is 415 g/mol. The molecule has 1 amide bonds. The Morgan fingerprint density at radius 2 is 1.94 bits per heavy atom. The molecule has 0 saturated heterocycles. The van der Waals surface area contributed by atoms with E-state index in [1.807, 2.05) is 49.5 Å². The topological polar surface area (TPSA) is 64.2 Å². The van der Waals surface area contributed by atoms with E-state index in [0.717, 1.165) is 45.5 Å². The Labute approximate surface area is 190 Å². The van der Waals surface area contributed by atoms with Gasteiger partial charge in [0, 0.05) is 42.3 Å². The molecule has 33 heavy (non-hydrogen) atoms. The Morgan fingerprint density at radius 3 is 2.70 bits per heavy atom. The number of nitrogens with two attached hydrogens (primary N) is 1. The lowest BCUT2D eigenvalue weighted by atomic mass is 9.93. The quantitative estimate of drug-likeness (QED) is 0.474. The van der Waals surface area contributed by atoms with Gasteiger partial charge in [-0.1, -0.05) is 30.2 Å². The van der Waals surface area contributed by atoms with Crippen LogP contribution in [0.15, 0.2) is 54.6 Å². The summed E-state index contributed by atoms with van der Waals surface area (Å²) in [6, 6.07) is 16.4. The van der Waals surface area contributed by atoms with Crippen LogP contribution < -0.4 is 5.73 Å². The van der Waals surface area contributed by atoms with E-state index < -0.39 is 0 Å². The number of nitrogens with zero attached hydrogens (tertiary/aromatic N) is 3. The van der Waals surface area contributed by atoms with Gasteiger partial charge in [0.2, 0.25) is 0 Å².